The highest BCUT2D eigenvalue weighted by molar-refractivity contribution is 6.14. The Bertz CT molecular complexity index is 4770. The first-order chi connectivity index (χ1) is 41.1. The van der Waals surface area contributed by atoms with E-state index >= 15 is 0 Å². The van der Waals surface area contributed by atoms with E-state index in [9.17, 15) is 31.6 Å². The Kier molecular flexibility index (Phi) is 13.3. The van der Waals surface area contributed by atoms with Crippen LogP contribution in [0.15, 0.2) is 200 Å². The molecular weight excluding hydrogens is 1080 g/mol. The third-order valence-corrected chi connectivity index (χ3v) is 17.1. The molecule has 9 heteroatoms. The number of benzene rings is 11. The second-order valence-corrected chi connectivity index (χ2v) is 23.2. The lowest BCUT2D eigenvalue weighted by molar-refractivity contribution is -0.143. The molecule has 0 aliphatic rings. The summed E-state index contributed by atoms with van der Waals surface area (Å²) < 4.78 is 92.3. The molecule has 0 amide bonds. The maximum Gasteiger partial charge on any atom is 0.416 e. The van der Waals surface area contributed by atoms with E-state index in [2.05, 4.69) is 216 Å². The number of fused-ring (bicyclic) bond motifs is 6. The van der Waals surface area contributed by atoms with Crippen LogP contribution in [0.3, 0.4) is 0 Å². The van der Waals surface area contributed by atoms with E-state index < -0.39 is 23.5 Å². The van der Waals surface area contributed by atoms with E-state index in [1.807, 2.05) is 12.1 Å². The van der Waals surface area contributed by atoms with Gasteiger partial charge in [0.15, 0.2) is 0 Å². The summed E-state index contributed by atoms with van der Waals surface area (Å²) in [6.45, 7) is 16.7. The highest BCUT2D eigenvalue weighted by atomic mass is 19.4. The van der Waals surface area contributed by atoms with Crippen LogP contribution in [0.1, 0.15) is 61.2 Å². The van der Waals surface area contributed by atoms with Crippen molar-refractivity contribution in [2.75, 3.05) is 0 Å². The maximum atomic E-state index is 14.7. The molecule has 11 aromatic carbocycles. The number of alkyl halides is 6. The van der Waals surface area contributed by atoms with Gasteiger partial charge in [0.25, 0.3) is 0 Å². The Balaban J connectivity index is 1.10. The number of aryl methyl sites for hydroxylation is 8. The van der Waals surface area contributed by atoms with Crippen LogP contribution in [0, 0.1) is 66.7 Å². The van der Waals surface area contributed by atoms with Crippen molar-refractivity contribution in [2.45, 2.75) is 67.7 Å². The van der Waals surface area contributed by atoms with E-state index in [0.29, 0.717) is 22.5 Å². The molecule has 2 heterocycles. The van der Waals surface area contributed by atoms with Crippen molar-refractivity contribution in [1.29, 1.82) is 5.26 Å². The number of hydrogen-bond donors (Lipinski definition) is 0. The quantitative estimate of drug-likeness (QED) is 0.140. The summed E-state index contributed by atoms with van der Waals surface area (Å²) in [6, 6.07) is 65.9. The van der Waals surface area contributed by atoms with Gasteiger partial charge in [-0.1, -0.05) is 125 Å². The first-order valence-electron chi connectivity index (χ1n) is 28.6. The van der Waals surface area contributed by atoms with Crippen molar-refractivity contribution < 1.29 is 26.3 Å². The average molecular weight is 1140 g/mol. The van der Waals surface area contributed by atoms with Crippen molar-refractivity contribution in [3.63, 3.8) is 0 Å². The topological polar surface area (TPSA) is 33.6 Å². The zero-order valence-corrected chi connectivity index (χ0v) is 48.7. The van der Waals surface area contributed by atoms with Crippen LogP contribution < -0.4 is 0 Å². The van der Waals surface area contributed by atoms with E-state index in [4.69, 9.17) is 0 Å². The predicted octanol–water partition coefficient (Wildman–Crippen LogP) is 22.3. The van der Waals surface area contributed by atoms with Crippen molar-refractivity contribution in [3.05, 3.63) is 261 Å². The molecule has 422 valence electrons. The Morgan fingerprint density at radius 3 is 1.01 bits per heavy atom. The molecular formula is C77H57F6N3. The van der Waals surface area contributed by atoms with Crippen LogP contribution in [-0.4, -0.2) is 9.13 Å². The predicted molar refractivity (Wildman–Crippen MR) is 340 cm³/mol. The Morgan fingerprint density at radius 1 is 0.302 bits per heavy atom. The summed E-state index contributed by atoms with van der Waals surface area (Å²) in [6.07, 6.45) is -10.2. The number of rotatable bonds is 8. The largest absolute Gasteiger partial charge is 0.416 e. The number of nitrogens with zero attached hydrogens (tertiary/aromatic N) is 3. The van der Waals surface area contributed by atoms with Crippen LogP contribution in [0.5, 0.6) is 0 Å². The highest BCUT2D eigenvalue weighted by Crippen LogP contribution is 2.46. The molecule has 13 rings (SSSR count). The third-order valence-electron chi connectivity index (χ3n) is 17.1. The molecule has 0 atom stereocenters. The summed E-state index contributed by atoms with van der Waals surface area (Å²) in [7, 11) is 0. The number of aromatic nitrogens is 2. The molecule has 0 radical (unpaired) electrons. The van der Waals surface area contributed by atoms with Gasteiger partial charge in [0, 0.05) is 38.4 Å². The minimum absolute atomic E-state index is 0.0967. The summed E-state index contributed by atoms with van der Waals surface area (Å²) in [5.41, 5.74) is 20.2. The second kappa shape index (κ2) is 20.7. The van der Waals surface area contributed by atoms with Gasteiger partial charge in [0.05, 0.1) is 50.5 Å². The Labute approximate surface area is 495 Å². The standard InChI is InChI=1S/C77H57F6N3/c1-43-9-20-61(47(5)29-43)52-15-25-71-67(36-52)68-37-53(62-21-10-44(2)30-48(62)6)16-26-72(68)85(71)60-19-13-56(42-84)65(41-60)66-35-51(57-33-58(76(78,79)80)40-59(34-57)77(81,82)83)14-24-73(66)86-74-27-17-54(63-22-11-45(3)31-49(63)7)38-69(74)70-39-55(18-28-75(70)86)64-23-12-46(4)32-50(64)8/h9-41H,1-8H3. The van der Waals surface area contributed by atoms with E-state index in [-0.39, 0.29) is 22.8 Å². The van der Waals surface area contributed by atoms with Gasteiger partial charge in [-0.15, -0.1) is 0 Å². The average Bonchev–Trinajstić information content (AvgIpc) is 1.69. The molecule has 0 spiro atoms. The Hall–Kier alpha value is -9.91. The van der Waals surface area contributed by atoms with Crippen LogP contribution in [-0.2, 0) is 12.4 Å². The van der Waals surface area contributed by atoms with E-state index in [0.717, 1.165) is 145 Å². The van der Waals surface area contributed by atoms with Crippen LogP contribution in [0.4, 0.5) is 26.3 Å². The Morgan fingerprint density at radius 2 is 0.663 bits per heavy atom. The number of hydrogen-bond acceptors (Lipinski definition) is 1. The molecule has 0 bridgehead atoms. The smallest absolute Gasteiger partial charge is 0.309 e. The minimum atomic E-state index is -5.09. The molecule has 2 aromatic heterocycles. The molecule has 0 saturated heterocycles. The van der Waals surface area contributed by atoms with Gasteiger partial charge in [-0.2, -0.15) is 31.6 Å². The third kappa shape index (κ3) is 9.69. The first kappa shape index (κ1) is 55.3. The number of halogens is 6. The summed E-state index contributed by atoms with van der Waals surface area (Å²) in [4.78, 5) is 0. The SMILES string of the molecule is Cc1ccc(-c2ccc3c(c2)c2cc(-c4ccc(C)cc4C)ccc2n3-c2ccc(C#N)c(-c3cc(-c4cc(C(F)(F)F)cc(C(F)(F)F)c4)ccc3-n3c4ccc(-c5ccc(C)cc5C)cc4c4cc(-c5ccc(C)cc5C)ccc43)c2)c(C)c1. The number of nitriles is 1. The fourth-order valence-corrected chi connectivity index (χ4v) is 13.0. The molecule has 0 N–H and O–H groups in total. The normalized spacial score (nSPS) is 12.1. The molecule has 3 nitrogen and oxygen atoms in total. The molecule has 0 saturated carbocycles. The lowest BCUT2D eigenvalue weighted by Gasteiger charge is -2.19. The maximum absolute atomic E-state index is 14.7. The molecule has 0 aliphatic carbocycles. The van der Waals surface area contributed by atoms with Crippen LogP contribution in [0.25, 0.3) is 122 Å². The van der Waals surface area contributed by atoms with Gasteiger partial charge >= 0.3 is 12.4 Å². The first-order valence-corrected chi connectivity index (χ1v) is 28.6. The fraction of sp³-hybridized carbons (Fsp3) is 0.130. The van der Waals surface area contributed by atoms with Crippen molar-refractivity contribution in [2.24, 2.45) is 0 Å². The highest BCUT2D eigenvalue weighted by Gasteiger charge is 2.37. The molecule has 0 aliphatic heterocycles. The molecule has 0 fully saturated rings. The van der Waals surface area contributed by atoms with Crippen molar-refractivity contribution >= 4 is 43.6 Å². The molecule has 0 unspecified atom stereocenters. The van der Waals surface area contributed by atoms with Crippen LogP contribution >= 0.6 is 0 Å². The molecule has 86 heavy (non-hydrogen) atoms. The van der Waals surface area contributed by atoms with Gasteiger partial charge in [-0.3, -0.25) is 0 Å². The zero-order valence-electron chi connectivity index (χ0n) is 48.7. The lowest BCUT2D eigenvalue weighted by Crippen LogP contribution is -2.11. The zero-order chi connectivity index (χ0) is 60.2. The van der Waals surface area contributed by atoms with Crippen molar-refractivity contribution in [1.82, 2.24) is 9.13 Å². The fourth-order valence-electron chi connectivity index (χ4n) is 13.0. The second-order valence-electron chi connectivity index (χ2n) is 23.2. The van der Waals surface area contributed by atoms with Gasteiger partial charge in [0.1, 0.15) is 0 Å². The minimum Gasteiger partial charge on any atom is -0.309 e. The van der Waals surface area contributed by atoms with Gasteiger partial charge < -0.3 is 9.13 Å². The monoisotopic (exact) mass is 1140 g/mol. The van der Waals surface area contributed by atoms with Gasteiger partial charge in [-0.05, 0) is 230 Å². The summed E-state index contributed by atoms with van der Waals surface area (Å²) in [5.74, 6) is 0. The van der Waals surface area contributed by atoms with E-state index in [1.165, 1.54) is 0 Å². The van der Waals surface area contributed by atoms with Gasteiger partial charge in [0.2, 0.25) is 0 Å². The molecule has 13 aromatic rings. The van der Waals surface area contributed by atoms with Crippen LogP contribution in [0.2, 0.25) is 0 Å². The van der Waals surface area contributed by atoms with Gasteiger partial charge in [-0.25, -0.2) is 0 Å². The summed E-state index contributed by atoms with van der Waals surface area (Å²) in [5, 5.41) is 15.1. The lowest BCUT2D eigenvalue weighted by atomic mass is 9.92. The summed E-state index contributed by atoms with van der Waals surface area (Å²) >= 11 is 0. The van der Waals surface area contributed by atoms with Crippen molar-refractivity contribution in [3.8, 4) is 84.2 Å². The van der Waals surface area contributed by atoms with E-state index in [1.54, 1.807) is 24.3 Å².